The Morgan fingerprint density at radius 3 is 2.33 bits per heavy atom. The van der Waals surface area contributed by atoms with Crippen molar-refractivity contribution in [3.05, 3.63) is 46.8 Å². The maximum absolute atomic E-state index is 12.8. The second-order valence-electron chi connectivity index (χ2n) is 5.70. The monoisotopic (exact) mass is 402 g/mol. The number of sulfonamides is 1. The highest BCUT2D eigenvalue weighted by molar-refractivity contribution is 7.90. The van der Waals surface area contributed by atoms with Gasteiger partial charge >= 0.3 is 0 Å². The lowest BCUT2D eigenvalue weighted by Crippen LogP contribution is -2.17. The van der Waals surface area contributed by atoms with Gasteiger partial charge in [0.25, 0.3) is 10.0 Å². The van der Waals surface area contributed by atoms with Crippen molar-refractivity contribution in [3.63, 3.8) is 0 Å². The Morgan fingerprint density at radius 2 is 1.74 bits per heavy atom. The van der Waals surface area contributed by atoms with Gasteiger partial charge in [0.1, 0.15) is 21.7 Å². The van der Waals surface area contributed by atoms with Gasteiger partial charge in [0.05, 0.1) is 25.7 Å². The van der Waals surface area contributed by atoms with Gasteiger partial charge in [0.2, 0.25) is 4.80 Å². The largest absolute Gasteiger partial charge is 0.495 e. The molecular weight excluding hydrogens is 384 g/mol. The minimum absolute atomic E-state index is 0.122. The second kappa shape index (κ2) is 7.47. The number of hydrogen-bond donors (Lipinski definition) is 0. The Balaban J connectivity index is 2.33. The van der Waals surface area contributed by atoms with Crippen molar-refractivity contribution in [3.8, 4) is 23.8 Å². The fourth-order valence-electron chi connectivity index (χ4n) is 2.63. The third-order valence-corrected chi connectivity index (χ3v) is 6.45. The lowest BCUT2D eigenvalue weighted by Gasteiger charge is -2.08. The molecule has 0 spiro atoms. The molecule has 6 nitrogen and oxygen atoms in total. The van der Waals surface area contributed by atoms with Crippen LogP contribution in [0.1, 0.15) is 5.56 Å². The molecule has 1 aromatic heterocycles. The van der Waals surface area contributed by atoms with Crippen LogP contribution in [0.2, 0.25) is 0 Å². The van der Waals surface area contributed by atoms with Crippen LogP contribution in [0, 0.1) is 19.3 Å². The molecule has 0 aliphatic carbocycles. The number of rotatable bonds is 5. The van der Waals surface area contributed by atoms with Crippen LogP contribution in [0.3, 0.4) is 0 Å². The zero-order chi connectivity index (χ0) is 19.6. The molecule has 3 aromatic rings. The molecule has 140 valence electrons. The summed E-state index contributed by atoms with van der Waals surface area (Å²) >= 11 is 1.19. The van der Waals surface area contributed by atoms with E-state index in [2.05, 4.69) is 10.3 Å². The Bertz CT molecular complexity index is 1200. The third-order valence-electron chi connectivity index (χ3n) is 3.96. The van der Waals surface area contributed by atoms with Crippen LogP contribution in [0.15, 0.2) is 45.7 Å². The van der Waals surface area contributed by atoms with Crippen molar-refractivity contribution < 1.29 is 17.9 Å². The van der Waals surface area contributed by atoms with Gasteiger partial charge in [-0.3, -0.25) is 0 Å². The molecule has 0 radical (unpaired) electrons. The van der Waals surface area contributed by atoms with Crippen molar-refractivity contribution in [2.75, 3.05) is 14.2 Å². The van der Waals surface area contributed by atoms with Crippen LogP contribution in [-0.4, -0.2) is 27.2 Å². The number of ether oxygens (including phenoxy) is 2. The zero-order valence-electron chi connectivity index (χ0n) is 15.1. The molecule has 0 amide bonds. The predicted octanol–water partition coefficient (Wildman–Crippen LogP) is 2.95. The van der Waals surface area contributed by atoms with Crippen molar-refractivity contribution in [1.29, 1.82) is 0 Å². The number of fused-ring (bicyclic) bond motifs is 1. The number of aryl methyl sites for hydroxylation is 1. The van der Waals surface area contributed by atoms with E-state index >= 15 is 0 Å². The lowest BCUT2D eigenvalue weighted by atomic mass is 10.2. The van der Waals surface area contributed by atoms with Crippen molar-refractivity contribution >= 4 is 31.6 Å². The van der Waals surface area contributed by atoms with Crippen LogP contribution >= 0.6 is 11.3 Å². The van der Waals surface area contributed by atoms with Crippen molar-refractivity contribution in [1.82, 2.24) is 4.57 Å². The van der Waals surface area contributed by atoms with Gasteiger partial charge in [0, 0.05) is 0 Å². The maximum Gasteiger partial charge on any atom is 0.285 e. The van der Waals surface area contributed by atoms with E-state index in [4.69, 9.17) is 15.9 Å². The Kier molecular flexibility index (Phi) is 5.26. The van der Waals surface area contributed by atoms with Gasteiger partial charge in [-0.15, -0.1) is 10.8 Å². The normalized spacial score (nSPS) is 12.1. The summed E-state index contributed by atoms with van der Waals surface area (Å²) < 4.78 is 42.8. The van der Waals surface area contributed by atoms with Gasteiger partial charge in [-0.2, -0.15) is 8.42 Å². The summed E-state index contributed by atoms with van der Waals surface area (Å²) in [4.78, 5) is 0.378. The Labute approximate surface area is 161 Å². The first kappa shape index (κ1) is 19.0. The number of methoxy groups -OCH3 is 2. The Morgan fingerprint density at radius 1 is 1.11 bits per heavy atom. The summed E-state index contributed by atoms with van der Waals surface area (Å²) in [6.45, 7) is 2.03. The number of thiazole rings is 1. The molecule has 0 N–H and O–H groups in total. The molecule has 2 aromatic carbocycles. The van der Waals surface area contributed by atoms with Gasteiger partial charge in [-0.05, 0) is 31.2 Å². The SMILES string of the molecule is C#CCn1c(=NS(=O)(=O)c2ccc(C)cc2)sc2c(OC)ccc(OC)c21. The second-order valence-corrected chi connectivity index (χ2v) is 8.28. The highest BCUT2D eigenvalue weighted by Gasteiger charge is 2.18. The average molecular weight is 402 g/mol. The quantitative estimate of drug-likeness (QED) is 0.615. The maximum atomic E-state index is 12.8. The number of hydrogen-bond acceptors (Lipinski definition) is 5. The first-order chi connectivity index (χ1) is 12.9. The molecule has 27 heavy (non-hydrogen) atoms. The molecule has 0 unspecified atom stereocenters. The van der Waals surface area contributed by atoms with E-state index in [-0.39, 0.29) is 16.2 Å². The minimum Gasteiger partial charge on any atom is -0.495 e. The highest BCUT2D eigenvalue weighted by atomic mass is 32.2. The molecule has 0 fully saturated rings. The first-order valence-electron chi connectivity index (χ1n) is 7.96. The van der Waals surface area contributed by atoms with E-state index < -0.39 is 10.0 Å². The molecule has 3 rings (SSSR count). The first-order valence-corrected chi connectivity index (χ1v) is 10.2. The van der Waals surface area contributed by atoms with E-state index in [1.54, 1.807) is 43.1 Å². The van der Waals surface area contributed by atoms with Crippen LogP contribution in [0.25, 0.3) is 10.2 Å². The van der Waals surface area contributed by atoms with E-state index in [0.717, 1.165) is 5.56 Å². The smallest absolute Gasteiger partial charge is 0.285 e. The number of aromatic nitrogens is 1. The summed E-state index contributed by atoms with van der Waals surface area (Å²) in [6, 6.07) is 10.0. The third kappa shape index (κ3) is 3.56. The van der Waals surface area contributed by atoms with Crippen molar-refractivity contribution in [2.24, 2.45) is 4.40 Å². The molecule has 0 saturated carbocycles. The Hall–Kier alpha value is -2.76. The topological polar surface area (TPSA) is 69.9 Å². The van der Waals surface area contributed by atoms with Crippen LogP contribution in [0.4, 0.5) is 0 Å². The summed E-state index contributed by atoms with van der Waals surface area (Å²) in [5, 5.41) is 0. The molecule has 0 aliphatic rings. The molecule has 0 aliphatic heterocycles. The highest BCUT2D eigenvalue weighted by Crippen LogP contribution is 2.35. The van der Waals surface area contributed by atoms with Crippen LogP contribution in [-0.2, 0) is 16.6 Å². The predicted molar refractivity (Wildman–Crippen MR) is 106 cm³/mol. The molecule has 0 bridgehead atoms. The fraction of sp³-hybridized carbons (Fsp3) is 0.211. The van der Waals surface area contributed by atoms with Gasteiger partial charge in [-0.25, -0.2) is 0 Å². The molecular formula is C19H18N2O4S2. The number of benzene rings is 2. The molecule has 8 heteroatoms. The summed E-state index contributed by atoms with van der Waals surface area (Å²) in [7, 11) is -0.805. The molecule has 0 saturated heterocycles. The van der Waals surface area contributed by atoms with Gasteiger partial charge in [-0.1, -0.05) is 35.0 Å². The van der Waals surface area contributed by atoms with Crippen molar-refractivity contribution in [2.45, 2.75) is 18.4 Å². The van der Waals surface area contributed by atoms with E-state index in [0.29, 0.717) is 21.7 Å². The number of nitrogens with zero attached hydrogens (tertiary/aromatic N) is 2. The van der Waals surface area contributed by atoms with E-state index in [9.17, 15) is 8.42 Å². The van der Waals surface area contributed by atoms with Gasteiger partial charge < -0.3 is 14.0 Å². The minimum atomic E-state index is -3.89. The summed E-state index contributed by atoms with van der Waals surface area (Å²) in [5.41, 5.74) is 1.62. The standard InChI is InChI=1S/C19H18N2O4S2/c1-5-12-21-17-15(24-3)10-11-16(25-4)18(17)26-19(21)20-27(22,23)14-8-6-13(2)7-9-14/h1,6-11H,12H2,2-4H3. The summed E-state index contributed by atoms with van der Waals surface area (Å²) in [6.07, 6.45) is 5.50. The van der Waals surface area contributed by atoms with Crippen LogP contribution < -0.4 is 14.3 Å². The average Bonchev–Trinajstić information content (AvgIpc) is 2.99. The van der Waals surface area contributed by atoms with Crippen LogP contribution in [0.5, 0.6) is 11.5 Å². The van der Waals surface area contributed by atoms with E-state index in [1.165, 1.54) is 23.5 Å². The zero-order valence-corrected chi connectivity index (χ0v) is 16.7. The lowest BCUT2D eigenvalue weighted by molar-refractivity contribution is 0.409. The molecule has 0 atom stereocenters. The summed E-state index contributed by atoms with van der Waals surface area (Å²) in [5.74, 6) is 3.70. The van der Waals surface area contributed by atoms with Gasteiger partial charge in [0.15, 0.2) is 0 Å². The van der Waals surface area contributed by atoms with E-state index in [1.807, 2.05) is 6.92 Å². The molecule has 1 heterocycles. The number of terminal acetylenes is 1. The fourth-order valence-corrected chi connectivity index (χ4v) is 4.97.